The number of rotatable bonds is 9. The van der Waals surface area contributed by atoms with Gasteiger partial charge in [0.25, 0.3) is 10.0 Å². The quantitative estimate of drug-likeness (QED) is 0.336. The number of esters is 1. The highest BCUT2D eigenvalue weighted by Gasteiger charge is 2.26. The Morgan fingerprint density at radius 2 is 1.59 bits per heavy atom. The second kappa shape index (κ2) is 10.4. The number of ether oxygens (including phenoxy) is 3. The topological polar surface area (TPSA) is 99.2 Å². The van der Waals surface area contributed by atoms with Crippen LogP contribution in [0.25, 0.3) is 0 Å². The molecule has 0 aliphatic carbocycles. The molecular weight excluding hydrogens is 458 g/mol. The van der Waals surface area contributed by atoms with Crippen LogP contribution >= 0.6 is 0 Å². The van der Waals surface area contributed by atoms with Crippen LogP contribution in [-0.2, 0) is 14.8 Å². The van der Waals surface area contributed by atoms with Gasteiger partial charge in [0.2, 0.25) is 5.78 Å². The van der Waals surface area contributed by atoms with E-state index < -0.39 is 27.9 Å². The Labute approximate surface area is 198 Å². The smallest absolute Gasteiger partial charge is 0.338 e. The molecule has 0 N–H and O–H groups in total. The highest BCUT2D eigenvalue weighted by Crippen LogP contribution is 2.27. The Bertz CT molecular complexity index is 1290. The van der Waals surface area contributed by atoms with Crippen LogP contribution in [0.15, 0.2) is 77.7 Å². The van der Waals surface area contributed by atoms with E-state index in [0.29, 0.717) is 11.4 Å². The van der Waals surface area contributed by atoms with Gasteiger partial charge in [0.15, 0.2) is 6.10 Å². The predicted molar refractivity (Wildman–Crippen MR) is 127 cm³/mol. The highest BCUT2D eigenvalue weighted by molar-refractivity contribution is 7.92. The van der Waals surface area contributed by atoms with Crippen molar-refractivity contribution < 1.29 is 32.2 Å². The van der Waals surface area contributed by atoms with Crippen molar-refractivity contribution in [3.8, 4) is 11.5 Å². The van der Waals surface area contributed by atoms with Crippen molar-refractivity contribution in [2.75, 3.05) is 25.6 Å². The van der Waals surface area contributed by atoms with Crippen molar-refractivity contribution in [1.82, 2.24) is 0 Å². The molecule has 178 valence electrons. The number of carbonyl (C=O) groups excluding carboxylic acids is 2. The van der Waals surface area contributed by atoms with Gasteiger partial charge in [-0.1, -0.05) is 24.3 Å². The summed E-state index contributed by atoms with van der Waals surface area (Å²) in [5, 5.41) is 0. The molecule has 3 aromatic carbocycles. The summed E-state index contributed by atoms with van der Waals surface area (Å²) in [6.07, 6.45) is -1.14. The Hall–Kier alpha value is -3.85. The van der Waals surface area contributed by atoms with Crippen LogP contribution in [0.3, 0.4) is 0 Å². The molecule has 34 heavy (non-hydrogen) atoms. The third-order valence-electron chi connectivity index (χ3n) is 5.18. The minimum absolute atomic E-state index is 0.00359. The number of benzene rings is 3. The molecule has 0 radical (unpaired) electrons. The van der Waals surface area contributed by atoms with Gasteiger partial charge in [-0.2, -0.15) is 0 Å². The van der Waals surface area contributed by atoms with Crippen LogP contribution in [0.4, 0.5) is 5.69 Å². The van der Waals surface area contributed by atoms with Gasteiger partial charge in [-0.15, -0.1) is 0 Å². The fraction of sp³-hybridized carbons (Fsp3) is 0.200. The van der Waals surface area contributed by atoms with Gasteiger partial charge in [-0.25, -0.2) is 13.2 Å². The number of anilines is 1. The van der Waals surface area contributed by atoms with Crippen LogP contribution in [0.1, 0.15) is 27.6 Å². The van der Waals surface area contributed by atoms with Crippen molar-refractivity contribution in [2.24, 2.45) is 0 Å². The van der Waals surface area contributed by atoms with Gasteiger partial charge in [-0.3, -0.25) is 9.10 Å². The van der Waals surface area contributed by atoms with E-state index in [1.807, 2.05) is 0 Å². The first kappa shape index (κ1) is 24.8. The maximum absolute atomic E-state index is 13.0. The molecule has 0 unspecified atom stereocenters. The van der Waals surface area contributed by atoms with Gasteiger partial charge in [-0.05, 0) is 49.4 Å². The summed E-state index contributed by atoms with van der Waals surface area (Å²) in [5.74, 6) is -0.506. The molecule has 0 bridgehead atoms. The summed E-state index contributed by atoms with van der Waals surface area (Å²) in [6.45, 7) is 1.44. The van der Waals surface area contributed by atoms with Crippen LogP contribution in [0.5, 0.6) is 11.5 Å². The minimum atomic E-state index is -3.92. The Kier molecular flexibility index (Phi) is 7.57. The molecule has 0 aromatic heterocycles. The fourth-order valence-electron chi connectivity index (χ4n) is 3.22. The minimum Gasteiger partial charge on any atom is -0.497 e. The van der Waals surface area contributed by atoms with Crippen molar-refractivity contribution >= 4 is 27.5 Å². The number of ketones is 1. The van der Waals surface area contributed by atoms with E-state index in [-0.39, 0.29) is 21.8 Å². The highest BCUT2D eigenvalue weighted by atomic mass is 32.2. The number of hydrogen-bond donors (Lipinski definition) is 0. The van der Waals surface area contributed by atoms with Crippen molar-refractivity contribution in [1.29, 1.82) is 0 Å². The SMILES string of the molecule is COc1ccc(C(=O)[C@@H](C)OC(=O)c2cccc(S(=O)(=O)N(C)c3ccccc3)c2)c(OC)c1. The molecule has 1 atom stereocenters. The number of para-hydroxylation sites is 1. The molecule has 3 rings (SSSR count). The van der Waals surface area contributed by atoms with Crippen molar-refractivity contribution in [3.63, 3.8) is 0 Å². The van der Waals surface area contributed by atoms with Crippen LogP contribution in [-0.4, -0.2) is 47.5 Å². The summed E-state index contributed by atoms with van der Waals surface area (Å²) in [5.41, 5.74) is 0.705. The van der Waals surface area contributed by atoms with Crippen molar-refractivity contribution in [3.05, 3.63) is 83.9 Å². The molecule has 0 fully saturated rings. The zero-order valence-corrected chi connectivity index (χ0v) is 20.0. The summed E-state index contributed by atoms with van der Waals surface area (Å²) in [4.78, 5) is 25.5. The van der Waals surface area contributed by atoms with Crippen LogP contribution < -0.4 is 13.8 Å². The molecule has 0 heterocycles. The lowest BCUT2D eigenvalue weighted by Gasteiger charge is -2.20. The van der Waals surface area contributed by atoms with E-state index in [4.69, 9.17) is 14.2 Å². The monoisotopic (exact) mass is 483 g/mol. The lowest BCUT2D eigenvalue weighted by Crippen LogP contribution is -2.27. The largest absolute Gasteiger partial charge is 0.497 e. The normalized spacial score (nSPS) is 11.9. The summed E-state index contributed by atoms with van der Waals surface area (Å²) in [7, 11) is 0.418. The van der Waals surface area contributed by atoms with Gasteiger partial charge in [0.05, 0.1) is 35.9 Å². The Morgan fingerprint density at radius 3 is 2.24 bits per heavy atom. The first-order valence-electron chi connectivity index (χ1n) is 10.3. The first-order valence-corrected chi connectivity index (χ1v) is 11.7. The average molecular weight is 484 g/mol. The number of nitrogens with zero attached hydrogens (tertiary/aromatic N) is 1. The zero-order valence-electron chi connectivity index (χ0n) is 19.2. The molecule has 9 heteroatoms. The van der Waals surface area contributed by atoms with Crippen LogP contribution in [0.2, 0.25) is 0 Å². The second-order valence-electron chi connectivity index (χ2n) is 7.31. The standard InChI is InChI=1S/C25H25NO7S/c1-17(24(27)22-14-13-20(31-3)16-23(22)32-4)33-25(28)18-9-8-12-21(15-18)34(29,30)26(2)19-10-6-5-7-11-19/h5-17H,1-4H3/t17-/m1/s1. The van der Waals surface area contributed by atoms with Gasteiger partial charge >= 0.3 is 5.97 Å². The molecular formula is C25H25NO7S. The maximum atomic E-state index is 13.0. The number of sulfonamides is 1. The molecule has 0 saturated heterocycles. The van der Waals surface area contributed by atoms with E-state index >= 15 is 0 Å². The van der Waals surface area contributed by atoms with E-state index in [9.17, 15) is 18.0 Å². The third-order valence-corrected chi connectivity index (χ3v) is 6.96. The first-order chi connectivity index (χ1) is 16.2. The molecule has 0 spiro atoms. The predicted octanol–water partition coefficient (Wildman–Crippen LogP) is 3.96. The van der Waals surface area contributed by atoms with E-state index in [2.05, 4.69) is 0 Å². The van der Waals surface area contributed by atoms with E-state index in [1.165, 1.54) is 58.5 Å². The number of hydrogen-bond acceptors (Lipinski definition) is 7. The lowest BCUT2D eigenvalue weighted by atomic mass is 10.1. The van der Waals surface area contributed by atoms with E-state index in [0.717, 1.165) is 4.31 Å². The Morgan fingerprint density at radius 1 is 0.882 bits per heavy atom. The van der Waals surface area contributed by atoms with Gasteiger partial charge in [0.1, 0.15) is 11.5 Å². The fourth-order valence-corrected chi connectivity index (χ4v) is 4.46. The number of methoxy groups -OCH3 is 2. The molecule has 0 saturated carbocycles. The molecule has 0 aliphatic rings. The zero-order chi connectivity index (χ0) is 24.9. The summed E-state index contributed by atoms with van der Waals surface area (Å²) >= 11 is 0. The second-order valence-corrected chi connectivity index (χ2v) is 9.28. The number of carbonyl (C=O) groups is 2. The third kappa shape index (κ3) is 5.20. The van der Waals surface area contributed by atoms with Crippen molar-refractivity contribution in [2.45, 2.75) is 17.9 Å². The Balaban J connectivity index is 1.80. The van der Waals surface area contributed by atoms with Gasteiger partial charge < -0.3 is 14.2 Å². The molecule has 3 aromatic rings. The lowest BCUT2D eigenvalue weighted by molar-refractivity contribution is 0.0317. The van der Waals surface area contributed by atoms with E-state index in [1.54, 1.807) is 42.5 Å². The average Bonchev–Trinajstić information content (AvgIpc) is 2.87. The summed E-state index contributed by atoms with van der Waals surface area (Å²) in [6, 6.07) is 18.7. The van der Waals surface area contributed by atoms with Gasteiger partial charge in [0, 0.05) is 13.1 Å². The molecule has 0 amide bonds. The van der Waals surface area contributed by atoms with Crippen LogP contribution in [0, 0.1) is 0 Å². The molecule has 0 aliphatic heterocycles. The maximum Gasteiger partial charge on any atom is 0.338 e. The molecule has 8 nitrogen and oxygen atoms in total. The number of Topliss-reactive ketones (excluding diaryl/α,β-unsaturated/α-hetero) is 1. The summed E-state index contributed by atoms with van der Waals surface area (Å²) < 4.78 is 42.9.